The number of nitrogens with one attached hydrogen (secondary N) is 3. The molecule has 0 aliphatic rings. The van der Waals surface area contributed by atoms with Crippen molar-refractivity contribution in [1.29, 1.82) is 0 Å². The van der Waals surface area contributed by atoms with E-state index in [1.807, 2.05) is 0 Å². The van der Waals surface area contributed by atoms with E-state index in [2.05, 4.69) is 16.0 Å². The molecule has 0 saturated carbocycles. The van der Waals surface area contributed by atoms with Crippen LogP contribution in [0.2, 0.25) is 0 Å². The van der Waals surface area contributed by atoms with E-state index in [1.165, 1.54) is 31.2 Å². The molecule has 4 unspecified atom stereocenters. The maximum absolute atomic E-state index is 12.8. The molecule has 14 nitrogen and oxygen atoms in total. The molecule has 14 heteroatoms. The van der Waals surface area contributed by atoms with Gasteiger partial charge in [-0.05, 0) is 24.6 Å². The minimum absolute atomic E-state index is 0.0461. The first-order valence-electron chi connectivity index (χ1n) is 9.97. The molecule has 0 heterocycles. The number of carbonyl (C=O) groups is 6. The van der Waals surface area contributed by atoms with Gasteiger partial charge in [0.15, 0.2) is 0 Å². The highest BCUT2D eigenvalue weighted by Crippen LogP contribution is 2.12. The summed E-state index contributed by atoms with van der Waals surface area (Å²) in [5, 5.41) is 34.1. The molecule has 4 atom stereocenters. The monoisotopic (exact) mass is 481 g/mol. The zero-order valence-corrected chi connectivity index (χ0v) is 18.2. The van der Waals surface area contributed by atoms with Crippen LogP contribution in [0.4, 0.5) is 0 Å². The minimum atomic E-state index is -1.64. The molecule has 0 bridgehead atoms. The van der Waals surface area contributed by atoms with Crippen LogP contribution in [0.1, 0.15) is 25.3 Å². The van der Waals surface area contributed by atoms with Gasteiger partial charge in [0.1, 0.15) is 23.9 Å². The molecule has 0 aliphatic carbocycles. The highest BCUT2D eigenvalue weighted by molar-refractivity contribution is 5.95. The van der Waals surface area contributed by atoms with Crippen LogP contribution in [0, 0.1) is 0 Å². The SMILES string of the molecule is CC(NC(=O)C(N)CC(=O)O)C(=O)NC(Cc1ccc(O)cc1)C(=O)NC(CC(N)=O)C(=O)O. The number of phenols is 1. The molecule has 1 aromatic carbocycles. The van der Waals surface area contributed by atoms with Gasteiger partial charge in [0.2, 0.25) is 23.6 Å². The van der Waals surface area contributed by atoms with Gasteiger partial charge in [-0.2, -0.15) is 0 Å². The van der Waals surface area contributed by atoms with Gasteiger partial charge < -0.3 is 42.7 Å². The van der Waals surface area contributed by atoms with Crippen LogP contribution in [-0.2, 0) is 35.2 Å². The second kappa shape index (κ2) is 12.7. The van der Waals surface area contributed by atoms with Crippen molar-refractivity contribution >= 4 is 35.6 Å². The summed E-state index contributed by atoms with van der Waals surface area (Å²) in [5.41, 5.74) is 10.9. The number of aromatic hydroxyl groups is 1. The first-order chi connectivity index (χ1) is 15.8. The Bertz CT molecular complexity index is 935. The molecule has 1 aromatic rings. The molecule has 4 amide bonds. The molecule has 0 fully saturated rings. The number of aliphatic carboxylic acids is 2. The number of phenolic OH excluding ortho intramolecular Hbond substituents is 1. The smallest absolute Gasteiger partial charge is 0.326 e. The number of hydrogen-bond acceptors (Lipinski definition) is 8. The summed E-state index contributed by atoms with van der Waals surface area (Å²) < 4.78 is 0. The molecule has 34 heavy (non-hydrogen) atoms. The molecule has 186 valence electrons. The van der Waals surface area contributed by atoms with E-state index in [9.17, 15) is 39.0 Å². The molecular formula is C20H27N5O9. The number of carboxylic acid groups (broad SMARTS) is 2. The second-order valence-corrected chi connectivity index (χ2v) is 7.44. The molecule has 10 N–H and O–H groups in total. The summed E-state index contributed by atoms with van der Waals surface area (Å²) in [6.45, 7) is 1.27. The quantitative estimate of drug-likeness (QED) is 0.143. The predicted octanol–water partition coefficient (Wildman–Crippen LogP) is -2.83. The summed E-state index contributed by atoms with van der Waals surface area (Å²) in [6, 6.07) is -0.0179. The second-order valence-electron chi connectivity index (χ2n) is 7.44. The fourth-order valence-corrected chi connectivity index (χ4v) is 2.71. The Kier molecular flexibility index (Phi) is 10.4. The average molecular weight is 481 g/mol. The first kappa shape index (κ1) is 27.8. The molecule has 0 saturated heterocycles. The Hall–Kier alpha value is -4.20. The number of carbonyl (C=O) groups excluding carboxylic acids is 4. The van der Waals surface area contributed by atoms with Crippen LogP contribution in [-0.4, -0.2) is 75.1 Å². The summed E-state index contributed by atoms with van der Waals surface area (Å²) in [6.07, 6.45) is -1.49. The van der Waals surface area contributed by atoms with Gasteiger partial charge >= 0.3 is 11.9 Å². The molecule has 0 aromatic heterocycles. The third-order valence-corrected chi connectivity index (χ3v) is 4.51. The van der Waals surface area contributed by atoms with Crippen molar-refractivity contribution < 1.29 is 44.1 Å². The molecule has 1 rings (SSSR count). The van der Waals surface area contributed by atoms with Crippen LogP contribution < -0.4 is 27.4 Å². The van der Waals surface area contributed by atoms with Gasteiger partial charge in [0.25, 0.3) is 0 Å². The Balaban J connectivity index is 2.99. The zero-order chi connectivity index (χ0) is 26.0. The third-order valence-electron chi connectivity index (χ3n) is 4.51. The van der Waals surface area contributed by atoms with Crippen LogP contribution in [0.15, 0.2) is 24.3 Å². The van der Waals surface area contributed by atoms with E-state index in [4.69, 9.17) is 16.6 Å². The number of amides is 4. The van der Waals surface area contributed by atoms with E-state index in [0.29, 0.717) is 5.56 Å². The van der Waals surface area contributed by atoms with Crippen LogP contribution in [0.3, 0.4) is 0 Å². The lowest BCUT2D eigenvalue weighted by atomic mass is 10.0. The zero-order valence-electron chi connectivity index (χ0n) is 18.2. The van der Waals surface area contributed by atoms with Crippen molar-refractivity contribution in [2.24, 2.45) is 11.5 Å². The van der Waals surface area contributed by atoms with Gasteiger partial charge in [-0.25, -0.2) is 4.79 Å². The van der Waals surface area contributed by atoms with E-state index in [-0.39, 0.29) is 12.2 Å². The van der Waals surface area contributed by atoms with Crippen LogP contribution in [0.25, 0.3) is 0 Å². The summed E-state index contributed by atoms with van der Waals surface area (Å²) in [5.74, 6) is -6.55. The Labute approximate surface area is 193 Å². The standard InChI is InChI=1S/C20H27N5O9/c1-9(23-18(31)12(21)7-16(28)29)17(30)24-13(6-10-2-4-11(26)5-3-10)19(32)25-14(20(33)34)8-15(22)27/h2-5,9,12-14,26H,6-8,21H2,1H3,(H2,22,27)(H,23,31)(H,24,30)(H,25,32)(H,28,29)(H,33,34). The number of hydrogen-bond donors (Lipinski definition) is 8. The van der Waals surface area contributed by atoms with Gasteiger partial charge in [-0.1, -0.05) is 12.1 Å². The summed E-state index contributed by atoms with van der Waals surface area (Å²) in [4.78, 5) is 70.4. The number of nitrogens with two attached hydrogens (primary N) is 2. The van der Waals surface area contributed by atoms with E-state index in [0.717, 1.165) is 0 Å². The maximum Gasteiger partial charge on any atom is 0.326 e. The fraction of sp³-hybridized carbons (Fsp3) is 0.400. The summed E-state index contributed by atoms with van der Waals surface area (Å²) >= 11 is 0. The highest BCUT2D eigenvalue weighted by atomic mass is 16.4. The van der Waals surface area contributed by atoms with Gasteiger partial charge in [-0.3, -0.25) is 24.0 Å². The lowest BCUT2D eigenvalue weighted by Crippen LogP contribution is -2.57. The molecule has 0 aliphatic heterocycles. The van der Waals surface area contributed by atoms with E-state index < -0.39 is 72.6 Å². The van der Waals surface area contributed by atoms with Crippen molar-refractivity contribution in [2.75, 3.05) is 0 Å². The van der Waals surface area contributed by atoms with Crippen LogP contribution >= 0.6 is 0 Å². The largest absolute Gasteiger partial charge is 0.508 e. The lowest BCUT2D eigenvalue weighted by molar-refractivity contribution is -0.143. The molecule has 0 radical (unpaired) electrons. The van der Waals surface area contributed by atoms with Crippen molar-refractivity contribution in [3.05, 3.63) is 29.8 Å². The van der Waals surface area contributed by atoms with Gasteiger partial charge in [-0.15, -0.1) is 0 Å². The Morgan fingerprint density at radius 2 is 1.41 bits per heavy atom. The van der Waals surface area contributed by atoms with Crippen molar-refractivity contribution in [2.45, 2.75) is 50.4 Å². The summed E-state index contributed by atoms with van der Waals surface area (Å²) in [7, 11) is 0. The first-order valence-corrected chi connectivity index (χ1v) is 9.97. The Morgan fingerprint density at radius 3 is 1.91 bits per heavy atom. The normalized spacial score (nSPS) is 14.1. The fourth-order valence-electron chi connectivity index (χ4n) is 2.71. The number of carboxylic acids is 2. The number of rotatable bonds is 13. The predicted molar refractivity (Wildman–Crippen MR) is 115 cm³/mol. The van der Waals surface area contributed by atoms with Crippen molar-refractivity contribution in [3.8, 4) is 5.75 Å². The van der Waals surface area contributed by atoms with Gasteiger partial charge in [0.05, 0.1) is 18.9 Å². The maximum atomic E-state index is 12.8. The lowest BCUT2D eigenvalue weighted by Gasteiger charge is -2.23. The minimum Gasteiger partial charge on any atom is -0.508 e. The molecule has 0 spiro atoms. The van der Waals surface area contributed by atoms with Crippen molar-refractivity contribution in [1.82, 2.24) is 16.0 Å². The van der Waals surface area contributed by atoms with Crippen molar-refractivity contribution in [3.63, 3.8) is 0 Å². The molecular weight excluding hydrogens is 454 g/mol. The third kappa shape index (κ3) is 9.52. The van der Waals surface area contributed by atoms with Crippen LogP contribution in [0.5, 0.6) is 5.75 Å². The van der Waals surface area contributed by atoms with E-state index >= 15 is 0 Å². The number of benzene rings is 1. The van der Waals surface area contributed by atoms with E-state index in [1.54, 1.807) is 0 Å². The Morgan fingerprint density at radius 1 is 0.853 bits per heavy atom. The highest BCUT2D eigenvalue weighted by Gasteiger charge is 2.30. The average Bonchev–Trinajstić information content (AvgIpc) is 2.73. The topological polar surface area (TPSA) is 251 Å². The van der Waals surface area contributed by atoms with Gasteiger partial charge in [0, 0.05) is 6.42 Å². The number of primary amides is 1.